The van der Waals surface area contributed by atoms with Crippen LogP contribution in [0.15, 0.2) is 84.5 Å². The Morgan fingerprint density at radius 3 is 2.68 bits per heavy atom. The second-order valence-electron chi connectivity index (χ2n) is 7.50. The molecule has 34 heavy (non-hydrogen) atoms. The van der Waals surface area contributed by atoms with Crippen LogP contribution >= 0.6 is 0 Å². The van der Waals surface area contributed by atoms with E-state index in [4.69, 9.17) is 0 Å². The summed E-state index contributed by atoms with van der Waals surface area (Å²) in [6, 6.07) is 14.1. The second kappa shape index (κ2) is 8.54. The smallest absolute Gasteiger partial charge is 0.275 e. The van der Waals surface area contributed by atoms with Crippen molar-refractivity contribution in [2.75, 3.05) is 10.6 Å². The van der Waals surface area contributed by atoms with Crippen LogP contribution < -0.4 is 10.6 Å². The molecule has 0 fully saturated rings. The summed E-state index contributed by atoms with van der Waals surface area (Å²) in [5.74, 6) is 0.623. The molecular formula is C23H18N8O3. The fourth-order valence-electron chi connectivity index (χ4n) is 3.86. The maximum absolute atomic E-state index is 13.4. The number of pyridine rings is 2. The molecule has 0 spiro atoms. The van der Waals surface area contributed by atoms with Gasteiger partial charge in [-0.25, -0.2) is 9.67 Å². The third-order valence-corrected chi connectivity index (χ3v) is 5.35. The van der Waals surface area contributed by atoms with Crippen LogP contribution in [0.5, 0.6) is 0 Å². The zero-order valence-electron chi connectivity index (χ0n) is 17.9. The SMILES string of the molecule is CC1=C(C(=O)Nc2ccccn2)C(c2ccccc2[N+](=O)[O-])n2nc(-c3cccnc3)nc2N1. The van der Waals surface area contributed by atoms with Crippen LogP contribution in [0, 0.1) is 10.1 Å². The lowest BCUT2D eigenvalue weighted by Crippen LogP contribution is -2.32. The van der Waals surface area contributed by atoms with Crippen molar-refractivity contribution in [2.24, 2.45) is 0 Å². The van der Waals surface area contributed by atoms with Crippen molar-refractivity contribution in [3.63, 3.8) is 0 Å². The third-order valence-electron chi connectivity index (χ3n) is 5.35. The summed E-state index contributed by atoms with van der Waals surface area (Å²) >= 11 is 0. The summed E-state index contributed by atoms with van der Waals surface area (Å²) < 4.78 is 1.49. The minimum atomic E-state index is -0.903. The number of hydrogen-bond acceptors (Lipinski definition) is 8. The number of fused-ring (bicyclic) bond motifs is 1. The van der Waals surface area contributed by atoms with E-state index >= 15 is 0 Å². The molecule has 0 saturated heterocycles. The highest BCUT2D eigenvalue weighted by Gasteiger charge is 2.37. The van der Waals surface area contributed by atoms with Crippen LogP contribution in [-0.4, -0.2) is 35.6 Å². The molecule has 2 N–H and O–H groups in total. The summed E-state index contributed by atoms with van der Waals surface area (Å²) in [6.45, 7) is 1.72. The Kier molecular flexibility index (Phi) is 5.26. The maximum Gasteiger partial charge on any atom is 0.275 e. The molecule has 11 nitrogen and oxygen atoms in total. The average molecular weight is 454 g/mol. The minimum absolute atomic E-state index is 0.130. The molecule has 3 aromatic heterocycles. The average Bonchev–Trinajstić information content (AvgIpc) is 3.28. The molecule has 11 heteroatoms. The Bertz CT molecular complexity index is 1420. The van der Waals surface area contributed by atoms with Crippen molar-refractivity contribution in [3.8, 4) is 11.4 Å². The van der Waals surface area contributed by atoms with Crippen molar-refractivity contribution < 1.29 is 9.72 Å². The molecule has 5 rings (SSSR count). The normalized spacial score (nSPS) is 14.8. The van der Waals surface area contributed by atoms with Crippen molar-refractivity contribution in [3.05, 3.63) is 100 Å². The number of allylic oxidation sites excluding steroid dienone is 1. The fraction of sp³-hybridized carbons (Fsp3) is 0.0870. The second-order valence-corrected chi connectivity index (χ2v) is 7.50. The number of rotatable bonds is 5. The van der Waals surface area contributed by atoms with Crippen LogP contribution in [0.1, 0.15) is 18.5 Å². The first-order valence-electron chi connectivity index (χ1n) is 10.3. The number of carbonyl (C=O) groups excluding carboxylic acids is 1. The van der Waals surface area contributed by atoms with Crippen molar-refractivity contribution in [1.82, 2.24) is 24.7 Å². The first-order valence-corrected chi connectivity index (χ1v) is 10.3. The number of hydrogen-bond donors (Lipinski definition) is 2. The van der Waals surface area contributed by atoms with E-state index < -0.39 is 16.9 Å². The Labute approximate surface area is 193 Å². The lowest BCUT2D eigenvalue weighted by atomic mass is 9.94. The predicted octanol–water partition coefficient (Wildman–Crippen LogP) is 3.57. The highest BCUT2D eigenvalue weighted by atomic mass is 16.6. The van der Waals surface area contributed by atoms with Gasteiger partial charge in [0.2, 0.25) is 5.95 Å². The fourth-order valence-corrected chi connectivity index (χ4v) is 3.86. The Hall–Kier alpha value is -4.93. The number of nitro benzene ring substituents is 1. The highest BCUT2D eigenvalue weighted by Crippen LogP contribution is 2.39. The van der Waals surface area contributed by atoms with Crippen LogP contribution in [0.4, 0.5) is 17.5 Å². The summed E-state index contributed by atoms with van der Waals surface area (Å²) in [5, 5.41) is 22.3. The highest BCUT2D eigenvalue weighted by molar-refractivity contribution is 6.05. The molecule has 1 amide bonds. The van der Waals surface area contributed by atoms with Gasteiger partial charge in [-0.05, 0) is 37.3 Å². The largest absolute Gasteiger partial charge is 0.328 e. The molecule has 1 aromatic carbocycles. The zero-order valence-corrected chi connectivity index (χ0v) is 17.9. The Balaban J connectivity index is 1.66. The van der Waals surface area contributed by atoms with E-state index in [0.717, 1.165) is 0 Å². The molecule has 0 radical (unpaired) electrons. The molecule has 4 heterocycles. The summed E-state index contributed by atoms with van der Waals surface area (Å²) in [4.78, 5) is 37.6. The van der Waals surface area contributed by atoms with Gasteiger partial charge in [-0.2, -0.15) is 4.98 Å². The van der Waals surface area contributed by atoms with Crippen molar-refractivity contribution >= 4 is 23.4 Å². The Morgan fingerprint density at radius 2 is 1.94 bits per heavy atom. The number of para-hydroxylation sites is 1. The van der Waals surface area contributed by atoms with Crippen LogP contribution in [0.2, 0.25) is 0 Å². The number of anilines is 2. The number of carbonyl (C=O) groups is 1. The van der Waals surface area contributed by atoms with E-state index in [-0.39, 0.29) is 11.3 Å². The maximum atomic E-state index is 13.4. The van der Waals surface area contributed by atoms with Crippen molar-refractivity contribution in [1.29, 1.82) is 0 Å². The van der Waals surface area contributed by atoms with Crippen molar-refractivity contribution in [2.45, 2.75) is 13.0 Å². The van der Waals surface area contributed by atoms with Gasteiger partial charge in [0.15, 0.2) is 5.82 Å². The van der Waals surface area contributed by atoms with Crippen LogP contribution in [0.3, 0.4) is 0 Å². The van der Waals surface area contributed by atoms with E-state index in [1.807, 2.05) is 6.07 Å². The van der Waals surface area contributed by atoms with Gasteiger partial charge in [0.05, 0.1) is 16.1 Å². The van der Waals surface area contributed by atoms with Gasteiger partial charge < -0.3 is 10.6 Å². The lowest BCUT2D eigenvalue weighted by Gasteiger charge is -2.28. The van der Waals surface area contributed by atoms with E-state index in [9.17, 15) is 14.9 Å². The number of amides is 1. The number of nitrogens with one attached hydrogen (secondary N) is 2. The third kappa shape index (κ3) is 3.75. The lowest BCUT2D eigenvalue weighted by molar-refractivity contribution is -0.385. The van der Waals surface area contributed by atoms with Gasteiger partial charge in [0, 0.05) is 35.9 Å². The van der Waals surface area contributed by atoms with Gasteiger partial charge in [-0.3, -0.25) is 19.9 Å². The summed E-state index contributed by atoms with van der Waals surface area (Å²) in [5.41, 5.74) is 1.60. The van der Waals surface area contributed by atoms with Gasteiger partial charge in [0.1, 0.15) is 11.9 Å². The quantitative estimate of drug-likeness (QED) is 0.344. The summed E-state index contributed by atoms with van der Waals surface area (Å²) in [7, 11) is 0. The molecule has 1 aliphatic heterocycles. The van der Waals surface area contributed by atoms with E-state index in [0.29, 0.717) is 34.4 Å². The molecule has 1 atom stereocenters. The zero-order chi connectivity index (χ0) is 23.7. The van der Waals surface area contributed by atoms with Crippen LogP contribution in [-0.2, 0) is 4.79 Å². The van der Waals surface area contributed by atoms with E-state index in [1.54, 1.807) is 68.0 Å². The predicted molar refractivity (Wildman–Crippen MR) is 124 cm³/mol. The molecular weight excluding hydrogens is 436 g/mol. The summed E-state index contributed by atoms with van der Waals surface area (Å²) in [6.07, 6.45) is 4.82. The molecule has 1 aliphatic rings. The number of nitrogens with zero attached hydrogens (tertiary/aromatic N) is 6. The monoisotopic (exact) mass is 454 g/mol. The first-order chi connectivity index (χ1) is 16.5. The topological polar surface area (TPSA) is 141 Å². The van der Waals surface area contributed by atoms with Crippen LogP contribution in [0.25, 0.3) is 11.4 Å². The molecule has 4 aromatic rings. The van der Waals surface area contributed by atoms with E-state index in [2.05, 4.69) is 30.7 Å². The van der Waals surface area contributed by atoms with Gasteiger partial charge in [0.25, 0.3) is 11.6 Å². The van der Waals surface area contributed by atoms with Gasteiger partial charge in [-0.1, -0.05) is 18.2 Å². The number of aromatic nitrogens is 5. The number of benzene rings is 1. The first kappa shape index (κ1) is 20.9. The molecule has 168 valence electrons. The number of nitro groups is 1. The Morgan fingerprint density at radius 1 is 1.12 bits per heavy atom. The van der Waals surface area contributed by atoms with Gasteiger partial charge in [-0.15, -0.1) is 5.10 Å². The standard InChI is InChI=1S/C23H18N8O3/c1-14-19(22(32)27-18-10-4-5-12-25-18)20(16-8-2-3-9-17(16)31(33)34)30-23(26-14)28-21(29-30)15-7-6-11-24-13-15/h2-13,20H,1H3,(H,25,27,32)(H,26,28,29). The van der Waals surface area contributed by atoms with E-state index in [1.165, 1.54) is 10.7 Å². The molecule has 0 bridgehead atoms. The minimum Gasteiger partial charge on any atom is -0.328 e. The molecule has 1 unspecified atom stereocenters. The molecule has 0 aliphatic carbocycles. The van der Waals surface area contributed by atoms with Gasteiger partial charge >= 0.3 is 0 Å². The molecule has 0 saturated carbocycles.